The van der Waals surface area contributed by atoms with Crippen molar-refractivity contribution in [2.45, 2.75) is 53.6 Å². The number of benzene rings is 1. The lowest BCUT2D eigenvalue weighted by molar-refractivity contribution is 0.642. The maximum Gasteiger partial charge on any atom is 0.0638 e. The molecule has 21 heavy (non-hydrogen) atoms. The molecule has 1 heterocycles. The third-order valence-electron chi connectivity index (χ3n) is 3.99. The van der Waals surface area contributed by atoms with Crippen molar-refractivity contribution < 1.29 is 0 Å². The number of aryl methyl sites for hydroxylation is 5. The zero-order chi connectivity index (χ0) is 15.2. The lowest BCUT2D eigenvalue weighted by atomic mass is 10.0. The minimum Gasteiger partial charge on any atom is -0.313 e. The van der Waals surface area contributed by atoms with Gasteiger partial charge in [-0.05, 0) is 58.2 Å². The molecule has 3 nitrogen and oxygen atoms in total. The van der Waals surface area contributed by atoms with Gasteiger partial charge in [0.15, 0.2) is 0 Å². The summed E-state index contributed by atoms with van der Waals surface area (Å²) in [5.74, 6) is 0. The molecule has 0 saturated heterocycles. The highest BCUT2D eigenvalue weighted by atomic mass is 15.3. The molecule has 114 valence electrons. The van der Waals surface area contributed by atoms with Crippen LogP contribution in [-0.4, -0.2) is 16.3 Å². The highest BCUT2D eigenvalue weighted by Crippen LogP contribution is 2.12. The second-order valence-electron chi connectivity index (χ2n) is 5.81. The Morgan fingerprint density at radius 1 is 1.14 bits per heavy atom. The van der Waals surface area contributed by atoms with Gasteiger partial charge in [-0.25, -0.2) is 0 Å². The Kier molecular flexibility index (Phi) is 5.57. The standard InChI is InChI=1S/C18H27N3/c1-5-21-13-18(16(4)20-21)12-19-10-6-7-17-9-8-14(2)11-15(17)3/h8-9,11,13,19H,5-7,10,12H2,1-4H3. The summed E-state index contributed by atoms with van der Waals surface area (Å²) in [6.45, 7) is 11.5. The van der Waals surface area contributed by atoms with Crippen LogP contribution in [0.5, 0.6) is 0 Å². The number of aromatic nitrogens is 2. The molecule has 0 atom stereocenters. The maximum atomic E-state index is 4.47. The SMILES string of the molecule is CCn1cc(CNCCCc2ccc(C)cc2C)c(C)n1. The molecule has 0 radical (unpaired) electrons. The Hall–Kier alpha value is -1.61. The van der Waals surface area contributed by atoms with Crippen LogP contribution in [0.4, 0.5) is 0 Å². The van der Waals surface area contributed by atoms with Gasteiger partial charge in [0, 0.05) is 24.8 Å². The van der Waals surface area contributed by atoms with Gasteiger partial charge in [0.1, 0.15) is 0 Å². The molecule has 0 bridgehead atoms. The minimum atomic E-state index is 0.915. The van der Waals surface area contributed by atoms with Crippen molar-refractivity contribution in [2.75, 3.05) is 6.54 Å². The van der Waals surface area contributed by atoms with Crippen LogP contribution in [0.1, 0.15) is 41.3 Å². The number of rotatable bonds is 7. The highest BCUT2D eigenvalue weighted by molar-refractivity contribution is 5.30. The number of nitrogens with zero attached hydrogens (tertiary/aromatic N) is 2. The van der Waals surface area contributed by atoms with Gasteiger partial charge in [-0.15, -0.1) is 0 Å². The van der Waals surface area contributed by atoms with Crippen molar-refractivity contribution >= 4 is 0 Å². The Morgan fingerprint density at radius 3 is 2.62 bits per heavy atom. The molecule has 0 saturated carbocycles. The molecule has 3 heteroatoms. The van der Waals surface area contributed by atoms with E-state index in [2.05, 4.69) is 62.5 Å². The fraction of sp³-hybridized carbons (Fsp3) is 0.500. The van der Waals surface area contributed by atoms with Gasteiger partial charge in [-0.2, -0.15) is 5.10 Å². The van der Waals surface area contributed by atoms with E-state index in [1.54, 1.807) is 0 Å². The molecule has 0 amide bonds. The monoisotopic (exact) mass is 285 g/mol. The van der Waals surface area contributed by atoms with Crippen molar-refractivity contribution in [2.24, 2.45) is 0 Å². The molecule has 1 aromatic heterocycles. The van der Waals surface area contributed by atoms with Crippen molar-refractivity contribution in [3.63, 3.8) is 0 Å². The normalized spacial score (nSPS) is 11.0. The number of hydrogen-bond donors (Lipinski definition) is 1. The zero-order valence-electron chi connectivity index (χ0n) is 13.7. The molecular formula is C18H27N3. The van der Waals surface area contributed by atoms with Gasteiger partial charge < -0.3 is 5.32 Å². The lowest BCUT2D eigenvalue weighted by Crippen LogP contribution is -2.15. The molecule has 1 aromatic carbocycles. The van der Waals surface area contributed by atoms with E-state index in [1.165, 1.54) is 28.7 Å². The molecule has 0 aliphatic rings. The first-order valence-electron chi connectivity index (χ1n) is 7.90. The first kappa shape index (κ1) is 15.8. The molecule has 2 aromatic rings. The molecule has 0 fully saturated rings. The molecule has 0 spiro atoms. The van der Waals surface area contributed by atoms with Crippen LogP contribution in [0.15, 0.2) is 24.4 Å². The maximum absolute atomic E-state index is 4.47. The van der Waals surface area contributed by atoms with Crippen molar-refractivity contribution in [3.05, 3.63) is 52.3 Å². The molecule has 0 aliphatic carbocycles. The molecule has 1 N–H and O–H groups in total. The Labute approximate surface area is 128 Å². The molecule has 0 aliphatic heterocycles. The van der Waals surface area contributed by atoms with Crippen LogP contribution < -0.4 is 5.32 Å². The average molecular weight is 285 g/mol. The lowest BCUT2D eigenvalue weighted by Gasteiger charge is -2.07. The highest BCUT2D eigenvalue weighted by Gasteiger charge is 2.03. The first-order chi connectivity index (χ1) is 10.1. The van der Waals surface area contributed by atoms with Gasteiger partial charge in [0.2, 0.25) is 0 Å². The van der Waals surface area contributed by atoms with Crippen LogP contribution in [0.3, 0.4) is 0 Å². The van der Waals surface area contributed by atoms with E-state index < -0.39 is 0 Å². The van der Waals surface area contributed by atoms with Gasteiger partial charge >= 0.3 is 0 Å². The topological polar surface area (TPSA) is 29.9 Å². The van der Waals surface area contributed by atoms with Crippen LogP contribution in [0.25, 0.3) is 0 Å². The van der Waals surface area contributed by atoms with Crippen LogP contribution >= 0.6 is 0 Å². The fourth-order valence-corrected chi connectivity index (χ4v) is 2.65. The third-order valence-corrected chi connectivity index (χ3v) is 3.99. The average Bonchev–Trinajstić information content (AvgIpc) is 2.81. The smallest absolute Gasteiger partial charge is 0.0638 e. The summed E-state index contributed by atoms with van der Waals surface area (Å²) in [7, 11) is 0. The molecule has 2 rings (SSSR count). The van der Waals surface area contributed by atoms with E-state index in [4.69, 9.17) is 0 Å². The molecular weight excluding hydrogens is 258 g/mol. The fourth-order valence-electron chi connectivity index (χ4n) is 2.65. The van der Waals surface area contributed by atoms with Crippen molar-refractivity contribution in [1.82, 2.24) is 15.1 Å². The van der Waals surface area contributed by atoms with Gasteiger partial charge in [0.05, 0.1) is 5.69 Å². The van der Waals surface area contributed by atoms with E-state index in [0.29, 0.717) is 0 Å². The summed E-state index contributed by atoms with van der Waals surface area (Å²) >= 11 is 0. The van der Waals surface area contributed by atoms with E-state index in [0.717, 1.165) is 31.7 Å². The second kappa shape index (κ2) is 7.41. The predicted molar refractivity (Wildman–Crippen MR) is 88.6 cm³/mol. The first-order valence-corrected chi connectivity index (χ1v) is 7.90. The quantitative estimate of drug-likeness (QED) is 0.788. The van der Waals surface area contributed by atoms with E-state index in [1.807, 2.05) is 4.68 Å². The van der Waals surface area contributed by atoms with E-state index in [9.17, 15) is 0 Å². The van der Waals surface area contributed by atoms with Crippen LogP contribution in [-0.2, 0) is 19.5 Å². The van der Waals surface area contributed by atoms with Crippen LogP contribution in [0.2, 0.25) is 0 Å². The van der Waals surface area contributed by atoms with Crippen molar-refractivity contribution in [1.29, 1.82) is 0 Å². The minimum absolute atomic E-state index is 0.915. The van der Waals surface area contributed by atoms with E-state index >= 15 is 0 Å². The summed E-state index contributed by atoms with van der Waals surface area (Å²) in [4.78, 5) is 0. The largest absolute Gasteiger partial charge is 0.313 e. The number of nitrogens with one attached hydrogen (secondary N) is 1. The molecule has 0 unspecified atom stereocenters. The predicted octanol–water partition coefficient (Wildman–Crippen LogP) is 3.55. The third kappa shape index (κ3) is 4.43. The summed E-state index contributed by atoms with van der Waals surface area (Å²) in [6, 6.07) is 6.74. The van der Waals surface area contributed by atoms with E-state index in [-0.39, 0.29) is 0 Å². The second-order valence-corrected chi connectivity index (χ2v) is 5.81. The summed E-state index contributed by atoms with van der Waals surface area (Å²) in [6.07, 6.45) is 4.46. The summed E-state index contributed by atoms with van der Waals surface area (Å²) in [5, 5.41) is 8.00. The van der Waals surface area contributed by atoms with Crippen molar-refractivity contribution in [3.8, 4) is 0 Å². The number of hydrogen-bond acceptors (Lipinski definition) is 2. The van der Waals surface area contributed by atoms with Gasteiger partial charge in [-0.3, -0.25) is 4.68 Å². The Balaban J connectivity index is 1.73. The Morgan fingerprint density at radius 2 is 1.95 bits per heavy atom. The summed E-state index contributed by atoms with van der Waals surface area (Å²) in [5.41, 5.74) is 6.67. The van der Waals surface area contributed by atoms with Crippen LogP contribution in [0, 0.1) is 20.8 Å². The summed E-state index contributed by atoms with van der Waals surface area (Å²) < 4.78 is 2.00. The van der Waals surface area contributed by atoms with Gasteiger partial charge in [-0.1, -0.05) is 23.8 Å². The van der Waals surface area contributed by atoms with Gasteiger partial charge in [0.25, 0.3) is 0 Å². The Bertz CT molecular complexity index is 584. The zero-order valence-corrected chi connectivity index (χ0v) is 13.7.